The molecule has 0 spiro atoms. The zero-order valence-corrected chi connectivity index (χ0v) is 19.3. The average Bonchev–Trinajstić information content (AvgIpc) is 2.79. The number of amides is 1. The summed E-state index contributed by atoms with van der Waals surface area (Å²) in [5, 5.41) is 3.35. The minimum atomic E-state index is -0.222. The van der Waals surface area contributed by atoms with Gasteiger partial charge in [-0.15, -0.1) is 0 Å². The van der Waals surface area contributed by atoms with Crippen molar-refractivity contribution in [2.45, 2.75) is 33.1 Å². The highest BCUT2D eigenvalue weighted by molar-refractivity contribution is 6.05. The molecular formula is C28H27NO4. The Kier molecular flexibility index (Phi) is 6.05. The first-order valence-electron chi connectivity index (χ1n) is 11.0. The van der Waals surface area contributed by atoms with Crippen LogP contribution in [0.2, 0.25) is 0 Å². The van der Waals surface area contributed by atoms with E-state index >= 15 is 0 Å². The third-order valence-electron chi connectivity index (χ3n) is 5.45. The Balaban J connectivity index is 1.60. The molecule has 0 unspecified atom stereocenters. The first kappa shape index (κ1) is 22.3. The maximum absolute atomic E-state index is 12.7. The van der Waals surface area contributed by atoms with Gasteiger partial charge in [0.2, 0.25) is 0 Å². The van der Waals surface area contributed by atoms with Gasteiger partial charge in [-0.3, -0.25) is 9.59 Å². The van der Waals surface area contributed by atoms with E-state index in [0.717, 1.165) is 16.9 Å². The van der Waals surface area contributed by atoms with E-state index in [1.807, 2.05) is 55.5 Å². The lowest BCUT2D eigenvalue weighted by Crippen LogP contribution is -2.14. The molecule has 0 atom stereocenters. The van der Waals surface area contributed by atoms with Crippen molar-refractivity contribution in [2.75, 3.05) is 11.9 Å². The van der Waals surface area contributed by atoms with E-state index in [9.17, 15) is 9.59 Å². The van der Waals surface area contributed by atoms with Crippen molar-refractivity contribution in [2.24, 2.45) is 0 Å². The van der Waals surface area contributed by atoms with Crippen LogP contribution in [-0.4, -0.2) is 12.5 Å². The molecule has 3 aromatic carbocycles. The van der Waals surface area contributed by atoms with Crippen LogP contribution < -0.4 is 15.5 Å². The predicted octanol–water partition coefficient (Wildman–Crippen LogP) is 6.41. The van der Waals surface area contributed by atoms with Crippen molar-refractivity contribution in [1.82, 2.24) is 0 Å². The van der Waals surface area contributed by atoms with Crippen LogP contribution in [0, 0.1) is 0 Å². The lowest BCUT2D eigenvalue weighted by Gasteiger charge is -2.19. The summed E-state index contributed by atoms with van der Waals surface area (Å²) < 4.78 is 11.5. The Bertz CT molecular complexity index is 1340. The van der Waals surface area contributed by atoms with Crippen LogP contribution in [0.15, 0.2) is 82.0 Å². The molecule has 0 aliphatic rings. The summed E-state index contributed by atoms with van der Waals surface area (Å²) >= 11 is 0. The van der Waals surface area contributed by atoms with Gasteiger partial charge in [0.1, 0.15) is 17.1 Å². The largest absolute Gasteiger partial charge is 0.494 e. The predicted molar refractivity (Wildman–Crippen MR) is 132 cm³/mol. The summed E-state index contributed by atoms with van der Waals surface area (Å²) in [5.41, 5.74) is 3.33. The van der Waals surface area contributed by atoms with Gasteiger partial charge < -0.3 is 14.5 Å². The normalized spacial score (nSPS) is 11.4. The van der Waals surface area contributed by atoms with E-state index in [-0.39, 0.29) is 16.8 Å². The zero-order chi connectivity index (χ0) is 23.6. The SMILES string of the molecule is CCOc1ccc(-c2cc(=O)c3ccc(NC(=O)c4ccc(C(C)(C)C)cc4)cc3o2)cc1. The second-order valence-corrected chi connectivity index (χ2v) is 8.92. The summed E-state index contributed by atoms with van der Waals surface area (Å²) in [6.07, 6.45) is 0. The van der Waals surface area contributed by atoms with Crippen LogP contribution >= 0.6 is 0 Å². The maximum Gasteiger partial charge on any atom is 0.255 e. The van der Waals surface area contributed by atoms with E-state index in [0.29, 0.717) is 34.6 Å². The third-order valence-corrected chi connectivity index (χ3v) is 5.45. The number of benzene rings is 3. The number of carbonyl (C=O) groups is 1. The second kappa shape index (κ2) is 8.94. The molecule has 0 radical (unpaired) electrons. The van der Waals surface area contributed by atoms with Crippen LogP contribution in [0.4, 0.5) is 5.69 Å². The van der Waals surface area contributed by atoms with Crippen molar-refractivity contribution in [1.29, 1.82) is 0 Å². The van der Waals surface area contributed by atoms with Crippen LogP contribution in [-0.2, 0) is 5.41 Å². The van der Waals surface area contributed by atoms with Crippen molar-refractivity contribution in [3.05, 3.63) is 94.1 Å². The molecule has 0 saturated carbocycles. The van der Waals surface area contributed by atoms with Crippen LogP contribution in [0.3, 0.4) is 0 Å². The lowest BCUT2D eigenvalue weighted by molar-refractivity contribution is 0.102. The highest BCUT2D eigenvalue weighted by atomic mass is 16.5. The summed E-state index contributed by atoms with van der Waals surface area (Å²) in [5.74, 6) is 0.988. The van der Waals surface area contributed by atoms with Gasteiger partial charge in [0.05, 0.1) is 12.0 Å². The fourth-order valence-corrected chi connectivity index (χ4v) is 3.58. The summed E-state index contributed by atoms with van der Waals surface area (Å²) in [4.78, 5) is 25.4. The Morgan fingerprint density at radius 1 is 0.939 bits per heavy atom. The molecule has 1 heterocycles. The van der Waals surface area contributed by atoms with Gasteiger partial charge in [-0.1, -0.05) is 32.9 Å². The molecule has 0 bridgehead atoms. The van der Waals surface area contributed by atoms with Crippen molar-refractivity contribution in [3.63, 3.8) is 0 Å². The number of fused-ring (bicyclic) bond motifs is 1. The van der Waals surface area contributed by atoms with E-state index < -0.39 is 0 Å². The number of carbonyl (C=O) groups excluding carboxylic acids is 1. The van der Waals surface area contributed by atoms with Gasteiger partial charge in [0.15, 0.2) is 5.43 Å². The molecule has 4 aromatic rings. The zero-order valence-electron chi connectivity index (χ0n) is 19.3. The molecule has 5 nitrogen and oxygen atoms in total. The molecular weight excluding hydrogens is 414 g/mol. The van der Waals surface area contributed by atoms with Gasteiger partial charge in [-0.25, -0.2) is 0 Å². The van der Waals surface area contributed by atoms with E-state index in [1.165, 1.54) is 6.07 Å². The van der Waals surface area contributed by atoms with E-state index in [1.54, 1.807) is 18.2 Å². The van der Waals surface area contributed by atoms with Crippen molar-refractivity contribution >= 4 is 22.6 Å². The summed E-state index contributed by atoms with van der Waals surface area (Å²) in [6, 6.07) is 21.5. The van der Waals surface area contributed by atoms with E-state index in [4.69, 9.17) is 9.15 Å². The highest BCUT2D eigenvalue weighted by Crippen LogP contribution is 2.26. The number of anilines is 1. The number of ether oxygens (including phenoxy) is 1. The van der Waals surface area contributed by atoms with Crippen molar-refractivity contribution < 1.29 is 13.9 Å². The lowest BCUT2D eigenvalue weighted by atomic mass is 9.87. The molecule has 0 aliphatic heterocycles. The van der Waals surface area contributed by atoms with Gasteiger partial charge in [0.25, 0.3) is 5.91 Å². The first-order valence-corrected chi connectivity index (χ1v) is 11.0. The topological polar surface area (TPSA) is 68.5 Å². The molecule has 1 amide bonds. The smallest absolute Gasteiger partial charge is 0.255 e. The number of hydrogen-bond acceptors (Lipinski definition) is 4. The summed E-state index contributed by atoms with van der Waals surface area (Å²) in [6.45, 7) is 8.90. The quantitative estimate of drug-likeness (QED) is 0.389. The molecule has 4 rings (SSSR count). The van der Waals surface area contributed by atoms with Crippen LogP contribution in [0.1, 0.15) is 43.6 Å². The standard InChI is InChI=1S/C28H27NO4/c1-5-32-22-13-8-18(9-14-22)25-17-24(30)23-15-12-21(16-26(23)33-25)29-27(31)19-6-10-20(11-7-19)28(2,3)4/h6-17H,5H2,1-4H3,(H,29,31). The number of rotatable bonds is 5. The fraction of sp³-hybridized carbons (Fsp3) is 0.214. The Labute approximate surface area is 193 Å². The minimum absolute atomic E-state index is 0.0198. The molecule has 0 aliphatic carbocycles. The van der Waals surface area contributed by atoms with Crippen molar-refractivity contribution in [3.8, 4) is 17.1 Å². The maximum atomic E-state index is 12.7. The second-order valence-electron chi connectivity index (χ2n) is 8.92. The molecule has 33 heavy (non-hydrogen) atoms. The molecule has 1 N–H and O–H groups in total. The Morgan fingerprint density at radius 3 is 2.27 bits per heavy atom. The highest BCUT2D eigenvalue weighted by Gasteiger charge is 2.15. The summed E-state index contributed by atoms with van der Waals surface area (Å²) in [7, 11) is 0. The Morgan fingerprint density at radius 2 is 1.64 bits per heavy atom. The minimum Gasteiger partial charge on any atom is -0.494 e. The number of nitrogens with one attached hydrogen (secondary N) is 1. The van der Waals surface area contributed by atoms with Gasteiger partial charge in [-0.2, -0.15) is 0 Å². The molecule has 0 saturated heterocycles. The monoisotopic (exact) mass is 441 g/mol. The average molecular weight is 442 g/mol. The van der Waals surface area contributed by atoms with Gasteiger partial charge in [-0.05, 0) is 66.4 Å². The van der Waals surface area contributed by atoms with Gasteiger partial charge in [0, 0.05) is 28.9 Å². The number of hydrogen-bond donors (Lipinski definition) is 1. The van der Waals surface area contributed by atoms with Crippen LogP contribution in [0.5, 0.6) is 5.75 Å². The van der Waals surface area contributed by atoms with Gasteiger partial charge >= 0.3 is 0 Å². The molecule has 5 heteroatoms. The third kappa shape index (κ3) is 4.98. The molecule has 1 aromatic heterocycles. The van der Waals surface area contributed by atoms with Crippen LogP contribution in [0.25, 0.3) is 22.3 Å². The molecule has 0 fully saturated rings. The Hall–Kier alpha value is -3.86. The fourth-order valence-electron chi connectivity index (χ4n) is 3.58. The van der Waals surface area contributed by atoms with E-state index in [2.05, 4.69) is 26.1 Å². The molecule has 168 valence electrons. The first-order chi connectivity index (χ1) is 15.7.